The van der Waals surface area contributed by atoms with Crippen LogP contribution in [0.25, 0.3) is 0 Å². The summed E-state index contributed by atoms with van der Waals surface area (Å²) in [6.07, 6.45) is 5.38. The molecule has 1 atom stereocenters. The second-order valence-corrected chi connectivity index (χ2v) is 10.5. The Morgan fingerprint density at radius 1 is 1.03 bits per heavy atom. The van der Waals surface area contributed by atoms with Gasteiger partial charge >= 0.3 is 0 Å². The van der Waals surface area contributed by atoms with Crippen LogP contribution >= 0.6 is 0 Å². The van der Waals surface area contributed by atoms with E-state index in [0.29, 0.717) is 30.6 Å². The van der Waals surface area contributed by atoms with Gasteiger partial charge in [0.25, 0.3) is 0 Å². The van der Waals surface area contributed by atoms with Crippen LogP contribution < -0.4 is 14.4 Å². The first-order valence-electron chi connectivity index (χ1n) is 13.9. The van der Waals surface area contributed by atoms with Crippen molar-refractivity contribution < 1.29 is 19.0 Å². The van der Waals surface area contributed by atoms with E-state index in [1.165, 1.54) is 29.5 Å². The number of anilines is 1. The summed E-state index contributed by atoms with van der Waals surface area (Å²) in [5.74, 6) is 1.53. The van der Waals surface area contributed by atoms with Crippen molar-refractivity contribution >= 4 is 5.69 Å². The summed E-state index contributed by atoms with van der Waals surface area (Å²) in [7, 11) is 1.69. The number of hydrogen-bond donors (Lipinski definition) is 1. The van der Waals surface area contributed by atoms with Crippen LogP contribution in [0.4, 0.5) is 10.1 Å². The predicted molar refractivity (Wildman–Crippen MR) is 150 cm³/mol. The van der Waals surface area contributed by atoms with Gasteiger partial charge in [-0.25, -0.2) is 4.39 Å². The molecule has 6 heteroatoms. The average molecular weight is 519 g/mol. The van der Waals surface area contributed by atoms with Crippen LogP contribution in [0, 0.1) is 5.82 Å². The molecule has 0 spiro atoms. The lowest BCUT2D eigenvalue weighted by Gasteiger charge is -2.32. The molecule has 0 unspecified atom stereocenters. The maximum Gasteiger partial charge on any atom is 0.165 e. The molecule has 0 bridgehead atoms. The molecule has 3 aromatic carbocycles. The van der Waals surface area contributed by atoms with E-state index in [4.69, 9.17) is 9.47 Å². The Kier molecular flexibility index (Phi) is 8.38. The van der Waals surface area contributed by atoms with Gasteiger partial charge in [0.2, 0.25) is 0 Å². The number of likely N-dealkylation sites (tertiary alicyclic amines) is 1. The van der Waals surface area contributed by atoms with E-state index in [2.05, 4.69) is 34.9 Å². The summed E-state index contributed by atoms with van der Waals surface area (Å²) in [4.78, 5) is 4.67. The van der Waals surface area contributed by atoms with E-state index in [-0.39, 0.29) is 5.82 Å². The number of fused-ring (bicyclic) bond motifs is 1. The Morgan fingerprint density at radius 3 is 2.63 bits per heavy atom. The zero-order valence-electron chi connectivity index (χ0n) is 22.6. The maximum atomic E-state index is 15.0. The number of phenolic OH excluding ortho intramolecular Hbond substituents is 1. The molecule has 0 aromatic heterocycles. The van der Waals surface area contributed by atoms with Crippen molar-refractivity contribution in [3.63, 3.8) is 0 Å². The van der Waals surface area contributed by atoms with E-state index in [1.54, 1.807) is 25.3 Å². The second-order valence-electron chi connectivity index (χ2n) is 10.5. The van der Waals surface area contributed by atoms with Crippen molar-refractivity contribution in [3.05, 3.63) is 82.7 Å². The maximum absolute atomic E-state index is 15.0. The Balaban J connectivity index is 1.32. The molecule has 2 aliphatic rings. The smallest absolute Gasteiger partial charge is 0.165 e. The summed E-state index contributed by atoms with van der Waals surface area (Å²) in [5, 5.41) is 9.88. The van der Waals surface area contributed by atoms with Crippen LogP contribution in [-0.2, 0) is 19.4 Å². The van der Waals surface area contributed by atoms with Crippen molar-refractivity contribution in [2.75, 3.05) is 44.8 Å². The second kappa shape index (κ2) is 12.1. The summed E-state index contributed by atoms with van der Waals surface area (Å²) in [6, 6.07) is 17.4. The van der Waals surface area contributed by atoms with Crippen molar-refractivity contribution in [2.45, 2.75) is 51.5 Å². The summed E-state index contributed by atoms with van der Waals surface area (Å²) in [5.41, 5.74) is 5.86. The summed E-state index contributed by atoms with van der Waals surface area (Å²) >= 11 is 0. The number of methoxy groups -OCH3 is 1. The van der Waals surface area contributed by atoms with Crippen LogP contribution in [0.1, 0.15) is 54.4 Å². The fourth-order valence-corrected chi connectivity index (χ4v) is 5.91. The molecule has 1 aliphatic carbocycles. The quantitative estimate of drug-likeness (QED) is 0.341. The lowest BCUT2D eigenvalue weighted by Crippen LogP contribution is -2.25. The average Bonchev–Trinajstić information content (AvgIpc) is 3.46. The van der Waals surface area contributed by atoms with Gasteiger partial charge in [-0.1, -0.05) is 18.2 Å². The number of benzene rings is 3. The molecular formula is C32H39FN2O3. The minimum Gasteiger partial charge on any atom is -0.508 e. The molecule has 0 radical (unpaired) electrons. The van der Waals surface area contributed by atoms with Gasteiger partial charge < -0.3 is 19.5 Å². The normalized spacial score (nSPS) is 17.3. The highest BCUT2D eigenvalue weighted by Gasteiger charge is 2.25. The van der Waals surface area contributed by atoms with Gasteiger partial charge in [-0.05, 0) is 111 Å². The molecular weight excluding hydrogens is 479 g/mol. The van der Waals surface area contributed by atoms with E-state index >= 15 is 0 Å². The van der Waals surface area contributed by atoms with Crippen molar-refractivity contribution in [1.82, 2.24) is 4.90 Å². The highest BCUT2D eigenvalue weighted by atomic mass is 19.1. The molecule has 0 saturated carbocycles. The number of hydrogen-bond acceptors (Lipinski definition) is 5. The van der Waals surface area contributed by atoms with E-state index < -0.39 is 0 Å². The lowest BCUT2D eigenvalue weighted by atomic mass is 9.79. The highest BCUT2D eigenvalue weighted by molar-refractivity contribution is 5.60. The lowest BCUT2D eigenvalue weighted by molar-refractivity contribution is 0.231. The molecule has 0 amide bonds. The molecule has 1 aliphatic heterocycles. The Labute approximate surface area is 225 Å². The van der Waals surface area contributed by atoms with Crippen molar-refractivity contribution in [1.29, 1.82) is 0 Å². The molecule has 3 aromatic rings. The molecule has 1 heterocycles. The van der Waals surface area contributed by atoms with Gasteiger partial charge in [-0.2, -0.15) is 0 Å². The molecule has 1 saturated heterocycles. The third-order valence-electron chi connectivity index (χ3n) is 8.05. The zero-order valence-corrected chi connectivity index (χ0v) is 22.6. The number of rotatable bonds is 10. The first-order valence-corrected chi connectivity index (χ1v) is 13.9. The third kappa shape index (κ3) is 6.07. The van der Waals surface area contributed by atoms with Crippen LogP contribution in [0.5, 0.6) is 17.2 Å². The van der Waals surface area contributed by atoms with E-state index in [1.807, 2.05) is 18.2 Å². The minimum absolute atomic E-state index is 0.307. The largest absolute Gasteiger partial charge is 0.508 e. The zero-order chi connectivity index (χ0) is 26.5. The standard InChI is InChI=1S/C32H39FN2O3/c1-3-35(22-23-6-13-32(30(33)18-23)38-17-16-34-14-4-5-15-34)31-21-28(37-2)11-12-29(31)26-8-7-25-20-27(36)10-9-24(25)19-26/h6,9-13,18,20-21,26,36H,3-5,7-8,14-17,19,22H2,1-2H3/t26-/m1/s1. The fourth-order valence-electron chi connectivity index (χ4n) is 5.91. The molecule has 5 nitrogen and oxygen atoms in total. The first-order chi connectivity index (χ1) is 18.5. The summed E-state index contributed by atoms with van der Waals surface area (Å²) in [6.45, 7) is 7.09. The fraction of sp³-hybridized carbons (Fsp3) is 0.438. The van der Waals surface area contributed by atoms with E-state index in [0.717, 1.165) is 62.4 Å². The van der Waals surface area contributed by atoms with Gasteiger partial charge in [0.05, 0.1) is 7.11 Å². The van der Waals surface area contributed by atoms with Crippen LogP contribution in [0.2, 0.25) is 0 Å². The van der Waals surface area contributed by atoms with Crippen LogP contribution in [-0.4, -0.2) is 49.9 Å². The third-order valence-corrected chi connectivity index (χ3v) is 8.05. The monoisotopic (exact) mass is 518 g/mol. The van der Waals surface area contributed by atoms with Crippen LogP contribution in [0.15, 0.2) is 54.6 Å². The van der Waals surface area contributed by atoms with Gasteiger partial charge in [-0.3, -0.25) is 4.90 Å². The Hall–Kier alpha value is -3.25. The number of aryl methyl sites for hydroxylation is 1. The van der Waals surface area contributed by atoms with Gasteiger partial charge in [0, 0.05) is 31.4 Å². The topological polar surface area (TPSA) is 45.2 Å². The molecule has 1 fully saturated rings. The minimum atomic E-state index is -0.307. The van der Waals surface area contributed by atoms with Crippen molar-refractivity contribution in [2.24, 2.45) is 0 Å². The highest BCUT2D eigenvalue weighted by Crippen LogP contribution is 2.40. The molecule has 38 heavy (non-hydrogen) atoms. The summed E-state index contributed by atoms with van der Waals surface area (Å²) < 4.78 is 26.3. The molecule has 202 valence electrons. The SMILES string of the molecule is CCN(Cc1ccc(OCCN2CCCC2)c(F)c1)c1cc(OC)ccc1[C@@H]1CCc2cc(O)ccc2C1. The van der Waals surface area contributed by atoms with Crippen molar-refractivity contribution in [3.8, 4) is 17.2 Å². The number of aromatic hydroxyl groups is 1. The Bertz CT molecular complexity index is 1240. The van der Waals surface area contributed by atoms with Crippen LogP contribution in [0.3, 0.4) is 0 Å². The first kappa shape index (κ1) is 26.4. The van der Waals surface area contributed by atoms with Gasteiger partial charge in [0.1, 0.15) is 18.1 Å². The molecule has 5 rings (SSSR count). The van der Waals surface area contributed by atoms with Gasteiger partial charge in [0.15, 0.2) is 11.6 Å². The number of phenols is 1. The molecule has 1 N–H and O–H groups in total. The number of ether oxygens (including phenoxy) is 2. The number of halogens is 1. The van der Waals surface area contributed by atoms with E-state index in [9.17, 15) is 9.50 Å². The number of nitrogens with zero attached hydrogens (tertiary/aromatic N) is 2. The van der Waals surface area contributed by atoms with Gasteiger partial charge in [-0.15, -0.1) is 0 Å². The predicted octanol–water partition coefficient (Wildman–Crippen LogP) is 6.31. The Morgan fingerprint density at radius 2 is 1.87 bits per heavy atom.